The maximum absolute atomic E-state index is 12.5. The number of furan rings is 1. The van der Waals surface area contributed by atoms with Gasteiger partial charge in [0.25, 0.3) is 0 Å². The summed E-state index contributed by atoms with van der Waals surface area (Å²) < 4.78 is 19.3. The molecule has 158 valence electrons. The summed E-state index contributed by atoms with van der Waals surface area (Å²) in [5.41, 5.74) is 4.98. The Balaban J connectivity index is 1.85. The molecule has 1 aliphatic rings. The van der Waals surface area contributed by atoms with Gasteiger partial charge in [-0.25, -0.2) is 0 Å². The minimum absolute atomic E-state index is 0.0658. The highest BCUT2D eigenvalue weighted by Gasteiger charge is 2.28. The van der Waals surface area contributed by atoms with Gasteiger partial charge in [-0.2, -0.15) is 0 Å². The highest BCUT2D eigenvalue weighted by molar-refractivity contribution is 5.78. The SMILES string of the molecule is COCCCOc1cc2c(cc1-c1ccco1)-c1cc(=O)c(C)cn1C(C(C)C)C2. The number of methoxy groups -OCH3 is 1. The molecule has 0 bridgehead atoms. The Kier molecular flexibility index (Phi) is 5.82. The van der Waals surface area contributed by atoms with Gasteiger partial charge in [-0.3, -0.25) is 4.79 Å². The van der Waals surface area contributed by atoms with Gasteiger partial charge in [-0.05, 0) is 49.1 Å². The van der Waals surface area contributed by atoms with Crippen LogP contribution in [-0.4, -0.2) is 24.9 Å². The van der Waals surface area contributed by atoms with Crippen molar-refractivity contribution in [1.29, 1.82) is 0 Å². The number of rotatable bonds is 7. The van der Waals surface area contributed by atoms with E-state index in [-0.39, 0.29) is 5.43 Å². The minimum atomic E-state index is 0.0658. The molecular weight excluding hydrogens is 378 g/mol. The van der Waals surface area contributed by atoms with Crippen LogP contribution >= 0.6 is 0 Å². The molecule has 1 atom stereocenters. The van der Waals surface area contributed by atoms with Crippen LogP contribution in [0.4, 0.5) is 0 Å². The third kappa shape index (κ3) is 3.82. The molecule has 0 saturated carbocycles. The number of nitrogens with zero attached hydrogens (tertiary/aromatic N) is 1. The standard InChI is InChI=1S/C25H29NO4/c1-16(2)21-11-18-12-25(30-10-6-8-28-4)20(24-7-5-9-29-24)13-19(18)22-14-23(27)17(3)15-26(21)22/h5,7,9,12-16,21H,6,8,10-11H2,1-4H3. The topological polar surface area (TPSA) is 53.6 Å². The molecule has 0 fully saturated rings. The van der Waals surface area contributed by atoms with Crippen LogP contribution in [0.5, 0.6) is 5.75 Å². The second-order valence-electron chi connectivity index (χ2n) is 8.31. The molecular formula is C25H29NO4. The van der Waals surface area contributed by atoms with Gasteiger partial charge >= 0.3 is 0 Å². The summed E-state index contributed by atoms with van der Waals surface area (Å²) in [4.78, 5) is 12.5. The summed E-state index contributed by atoms with van der Waals surface area (Å²) in [5.74, 6) is 2.01. The van der Waals surface area contributed by atoms with Crippen molar-refractivity contribution in [3.8, 4) is 28.3 Å². The fourth-order valence-electron chi connectivity index (χ4n) is 4.18. The lowest BCUT2D eigenvalue weighted by molar-refractivity contribution is 0.172. The summed E-state index contributed by atoms with van der Waals surface area (Å²) >= 11 is 0. The summed E-state index contributed by atoms with van der Waals surface area (Å²) in [6, 6.07) is 10.1. The smallest absolute Gasteiger partial charge is 0.185 e. The first-order chi connectivity index (χ1) is 14.5. The molecule has 0 aliphatic carbocycles. The molecule has 5 nitrogen and oxygen atoms in total. The van der Waals surface area contributed by atoms with E-state index in [9.17, 15) is 4.79 Å². The monoisotopic (exact) mass is 407 g/mol. The molecule has 4 rings (SSSR count). The number of ether oxygens (including phenoxy) is 2. The second kappa shape index (κ2) is 8.52. The number of benzene rings is 1. The van der Waals surface area contributed by atoms with Crippen molar-refractivity contribution < 1.29 is 13.9 Å². The lowest BCUT2D eigenvalue weighted by Crippen LogP contribution is -2.26. The van der Waals surface area contributed by atoms with Gasteiger partial charge < -0.3 is 18.5 Å². The van der Waals surface area contributed by atoms with Crippen LogP contribution in [0.2, 0.25) is 0 Å². The molecule has 3 heterocycles. The zero-order chi connectivity index (χ0) is 21.3. The Morgan fingerprint density at radius 3 is 2.73 bits per heavy atom. The largest absolute Gasteiger partial charge is 0.493 e. The predicted octanol–water partition coefficient (Wildman–Crippen LogP) is 5.25. The van der Waals surface area contributed by atoms with Gasteiger partial charge in [0.1, 0.15) is 11.5 Å². The average Bonchev–Trinajstić information content (AvgIpc) is 3.25. The molecule has 0 radical (unpaired) electrons. The van der Waals surface area contributed by atoms with Crippen LogP contribution < -0.4 is 10.2 Å². The lowest BCUT2D eigenvalue weighted by atomic mass is 9.86. The van der Waals surface area contributed by atoms with Crippen molar-refractivity contribution in [3.05, 3.63) is 64.1 Å². The van der Waals surface area contributed by atoms with E-state index < -0.39 is 0 Å². The Bertz CT molecular complexity index is 1080. The first kappa shape index (κ1) is 20.5. The van der Waals surface area contributed by atoms with E-state index >= 15 is 0 Å². The molecule has 2 aromatic heterocycles. The third-order valence-electron chi connectivity index (χ3n) is 5.84. The zero-order valence-electron chi connectivity index (χ0n) is 18.1. The van der Waals surface area contributed by atoms with Crippen molar-refractivity contribution in [3.63, 3.8) is 0 Å². The van der Waals surface area contributed by atoms with Gasteiger partial charge in [0.2, 0.25) is 0 Å². The minimum Gasteiger partial charge on any atom is -0.493 e. The normalized spacial score (nSPS) is 15.2. The van der Waals surface area contributed by atoms with Crippen molar-refractivity contribution in [2.24, 2.45) is 5.92 Å². The summed E-state index contributed by atoms with van der Waals surface area (Å²) in [6.07, 6.45) is 5.39. The number of hydrogen-bond acceptors (Lipinski definition) is 4. The molecule has 5 heteroatoms. The Morgan fingerprint density at radius 1 is 1.20 bits per heavy atom. The molecule has 1 aromatic carbocycles. The predicted molar refractivity (Wildman–Crippen MR) is 118 cm³/mol. The van der Waals surface area contributed by atoms with E-state index in [0.29, 0.717) is 25.2 Å². The number of pyridine rings is 1. The highest BCUT2D eigenvalue weighted by atomic mass is 16.5. The van der Waals surface area contributed by atoms with Crippen LogP contribution in [0.25, 0.3) is 22.6 Å². The van der Waals surface area contributed by atoms with E-state index in [0.717, 1.165) is 46.7 Å². The van der Waals surface area contributed by atoms with Crippen LogP contribution in [0, 0.1) is 12.8 Å². The Hall–Kier alpha value is -2.79. The number of fused-ring (bicyclic) bond motifs is 3. The van der Waals surface area contributed by atoms with Gasteiger partial charge in [0.05, 0.1) is 24.1 Å². The van der Waals surface area contributed by atoms with E-state index in [1.807, 2.05) is 25.3 Å². The number of aryl methyl sites for hydroxylation is 1. The second-order valence-corrected chi connectivity index (χ2v) is 8.31. The van der Waals surface area contributed by atoms with Crippen molar-refractivity contribution in [2.45, 2.75) is 39.7 Å². The van der Waals surface area contributed by atoms with Crippen molar-refractivity contribution in [1.82, 2.24) is 4.57 Å². The molecule has 3 aromatic rings. The van der Waals surface area contributed by atoms with E-state index in [2.05, 4.69) is 30.5 Å². The van der Waals surface area contributed by atoms with E-state index in [1.54, 1.807) is 19.4 Å². The molecule has 0 spiro atoms. The Labute approximate surface area is 177 Å². The first-order valence-electron chi connectivity index (χ1n) is 10.5. The van der Waals surface area contributed by atoms with E-state index in [1.165, 1.54) is 5.56 Å². The Morgan fingerprint density at radius 2 is 2.03 bits per heavy atom. The fraction of sp³-hybridized carbons (Fsp3) is 0.400. The average molecular weight is 408 g/mol. The molecule has 0 amide bonds. The zero-order valence-corrected chi connectivity index (χ0v) is 18.1. The summed E-state index contributed by atoms with van der Waals surface area (Å²) in [5, 5.41) is 0. The van der Waals surface area contributed by atoms with Gasteiger partial charge in [-0.1, -0.05) is 13.8 Å². The van der Waals surface area contributed by atoms with Crippen molar-refractivity contribution in [2.75, 3.05) is 20.3 Å². The van der Waals surface area contributed by atoms with Crippen LogP contribution in [0.3, 0.4) is 0 Å². The van der Waals surface area contributed by atoms with Crippen molar-refractivity contribution >= 4 is 0 Å². The molecule has 0 saturated heterocycles. The van der Waals surface area contributed by atoms with Crippen LogP contribution in [0.1, 0.15) is 37.4 Å². The maximum Gasteiger partial charge on any atom is 0.185 e. The summed E-state index contributed by atoms with van der Waals surface area (Å²) in [7, 11) is 1.69. The third-order valence-corrected chi connectivity index (χ3v) is 5.84. The van der Waals surface area contributed by atoms with Gasteiger partial charge in [0, 0.05) is 49.6 Å². The lowest BCUT2D eigenvalue weighted by Gasteiger charge is -2.34. The number of hydrogen-bond donors (Lipinski definition) is 0. The van der Waals surface area contributed by atoms with Gasteiger partial charge in [-0.15, -0.1) is 0 Å². The highest BCUT2D eigenvalue weighted by Crippen LogP contribution is 2.43. The van der Waals surface area contributed by atoms with Crippen LogP contribution in [-0.2, 0) is 11.2 Å². The van der Waals surface area contributed by atoms with Crippen LogP contribution in [0.15, 0.2) is 52.0 Å². The molecule has 0 N–H and O–H groups in total. The number of aromatic nitrogens is 1. The quantitative estimate of drug-likeness (QED) is 0.502. The maximum atomic E-state index is 12.5. The fourth-order valence-corrected chi connectivity index (χ4v) is 4.18. The molecule has 1 aliphatic heterocycles. The molecule has 1 unspecified atom stereocenters. The molecule has 30 heavy (non-hydrogen) atoms. The van der Waals surface area contributed by atoms with E-state index in [4.69, 9.17) is 13.9 Å². The summed E-state index contributed by atoms with van der Waals surface area (Å²) in [6.45, 7) is 7.57. The first-order valence-corrected chi connectivity index (χ1v) is 10.5. The van der Waals surface area contributed by atoms with Gasteiger partial charge in [0.15, 0.2) is 5.43 Å².